The Bertz CT molecular complexity index is 603. The summed E-state index contributed by atoms with van der Waals surface area (Å²) >= 11 is 0. The topological polar surface area (TPSA) is 102 Å². The number of nitro benzene ring substituents is 1. The maximum Gasteiger partial charge on any atom is 0.367 e. The molecule has 7 nitrogen and oxygen atoms in total. The molecule has 0 bridgehead atoms. The largest absolute Gasteiger partial charge is 0.502 e. The highest BCUT2D eigenvalue weighted by atomic mass is 16.7. The molecule has 0 fully saturated rings. The molecule has 2 rings (SSSR count). The third-order valence-corrected chi connectivity index (χ3v) is 2.38. The average Bonchev–Trinajstić information content (AvgIpc) is 2.63. The van der Waals surface area contributed by atoms with E-state index in [0.29, 0.717) is 11.3 Å². The molecule has 0 aliphatic carbocycles. The molecule has 0 unspecified atom stereocenters. The number of aromatic hydroxyl groups is 1. The number of hydrogen-bond acceptors (Lipinski definition) is 6. The van der Waals surface area contributed by atoms with Crippen molar-refractivity contribution in [1.29, 1.82) is 0 Å². The van der Waals surface area contributed by atoms with Gasteiger partial charge >= 0.3 is 11.7 Å². The number of oxime groups is 1. The van der Waals surface area contributed by atoms with E-state index in [1.165, 1.54) is 24.3 Å². The van der Waals surface area contributed by atoms with Gasteiger partial charge in [-0.25, -0.2) is 4.79 Å². The molecule has 0 saturated carbocycles. The van der Waals surface area contributed by atoms with Crippen LogP contribution in [0.3, 0.4) is 0 Å². The van der Waals surface area contributed by atoms with Crippen LogP contribution in [0.5, 0.6) is 5.75 Å². The predicted octanol–water partition coefficient (Wildman–Crippen LogP) is 1.62. The summed E-state index contributed by atoms with van der Waals surface area (Å²) in [6, 6.07) is 3.81. The number of nitro groups is 1. The summed E-state index contributed by atoms with van der Waals surface area (Å²) in [5.41, 5.74) is 0.610. The van der Waals surface area contributed by atoms with Crippen molar-refractivity contribution in [2.24, 2.45) is 5.16 Å². The van der Waals surface area contributed by atoms with E-state index in [0.717, 1.165) is 0 Å². The summed E-state index contributed by atoms with van der Waals surface area (Å²) in [5.74, 6) is -1.04. The standard InChI is InChI=1S/C11H8N2O5/c1-6-8(11(15)18-12-6)4-7-2-3-10(14)9(5-7)13(16)17/h2-5,14H,1H3/b8-4+. The normalized spacial score (nSPS) is 16.6. The van der Waals surface area contributed by atoms with Crippen LogP contribution in [0.4, 0.5) is 5.69 Å². The van der Waals surface area contributed by atoms with Crippen molar-refractivity contribution >= 4 is 23.4 Å². The van der Waals surface area contributed by atoms with Gasteiger partial charge in [0.25, 0.3) is 0 Å². The lowest BCUT2D eigenvalue weighted by atomic mass is 10.1. The van der Waals surface area contributed by atoms with E-state index in [9.17, 15) is 20.0 Å². The first-order valence-electron chi connectivity index (χ1n) is 4.94. The third kappa shape index (κ3) is 2.05. The molecule has 0 amide bonds. The lowest BCUT2D eigenvalue weighted by Gasteiger charge is -1.98. The van der Waals surface area contributed by atoms with E-state index in [1.54, 1.807) is 6.92 Å². The second-order valence-corrected chi connectivity index (χ2v) is 3.62. The van der Waals surface area contributed by atoms with Gasteiger partial charge in [0.15, 0.2) is 5.75 Å². The number of phenolic OH excluding ortho intramolecular Hbond substituents is 1. The van der Waals surface area contributed by atoms with E-state index in [4.69, 9.17) is 0 Å². The lowest BCUT2D eigenvalue weighted by molar-refractivity contribution is -0.385. The average molecular weight is 248 g/mol. The zero-order chi connectivity index (χ0) is 13.3. The van der Waals surface area contributed by atoms with Crippen LogP contribution in [0.15, 0.2) is 28.9 Å². The van der Waals surface area contributed by atoms with E-state index in [2.05, 4.69) is 9.99 Å². The molecule has 92 valence electrons. The molecule has 1 heterocycles. The molecule has 0 saturated heterocycles. The number of carbonyl (C=O) groups is 1. The minimum Gasteiger partial charge on any atom is -0.502 e. The Labute approximate surface area is 101 Å². The summed E-state index contributed by atoms with van der Waals surface area (Å²) < 4.78 is 0. The Morgan fingerprint density at radius 3 is 2.78 bits per heavy atom. The molecule has 0 spiro atoms. The molecule has 1 aliphatic rings. The minimum atomic E-state index is -0.703. The molecule has 18 heavy (non-hydrogen) atoms. The smallest absolute Gasteiger partial charge is 0.367 e. The van der Waals surface area contributed by atoms with Crippen LogP contribution in [0.2, 0.25) is 0 Å². The molecule has 0 radical (unpaired) electrons. The van der Waals surface area contributed by atoms with Gasteiger partial charge in [-0.1, -0.05) is 11.2 Å². The van der Waals surface area contributed by atoms with Crippen molar-refractivity contribution in [2.75, 3.05) is 0 Å². The zero-order valence-corrected chi connectivity index (χ0v) is 9.28. The van der Waals surface area contributed by atoms with Crippen molar-refractivity contribution in [3.8, 4) is 5.75 Å². The summed E-state index contributed by atoms with van der Waals surface area (Å²) in [5, 5.41) is 23.4. The number of carbonyl (C=O) groups excluding carboxylic acids is 1. The fourth-order valence-corrected chi connectivity index (χ4v) is 1.46. The highest BCUT2D eigenvalue weighted by Crippen LogP contribution is 2.27. The monoisotopic (exact) mass is 248 g/mol. The SMILES string of the molecule is CC1=NOC(=O)/C1=C/c1ccc(O)c([N+](=O)[O-])c1. The predicted molar refractivity (Wildman–Crippen MR) is 61.9 cm³/mol. The number of phenols is 1. The van der Waals surface area contributed by atoms with Crippen molar-refractivity contribution in [3.63, 3.8) is 0 Å². The molecular weight excluding hydrogens is 240 g/mol. The number of benzene rings is 1. The van der Waals surface area contributed by atoms with Crippen LogP contribution in [-0.4, -0.2) is 21.7 Å². The zero-order valence-electron chi connectivity index (χ0n) is 9.28. The Kier molecular flexibility index (Phi) is 2.80. The Balaban J connectivity index is 2.44. The van der Waals surface area contributed by atoms with Crippen LogP contribution in [0.25, 0.3) is 6.08 Å². The summed E-state index contributed by atoms with van der Waals surface area (Å²) in [7, 11) is 0. The van der Waals surface area contributed by atoms with E-state index >= 15 is 0 Å². The van der Waals surface area contributed by atoms with Crippen LogP contribution < -0.4 is 0 Å². The third-order valence-electron chi connectivity index (χ3n) is 2.38. The molecular formula is C11H8N2O5. The fourth-order valence-electron chi connectivity index (χ4n) is 1.46. The second-order valence-electron chi connectivity index (χ2n) is 3.62. The molecule has 7 heteroatoms. The van der Waals surface area contributed by atoms with Crippen molar-refractivity contribution < 1.29 is 19.7 Å². The summed E-state index contributed by atoms with van der Waals surface area (Å²) in [4.78, 5) is 25.7. The van der Waals surface area contributed by atoms with Gasteiger partial charge in [0, 0.05) is 6.07 Å². The molecule has 1 aromatic carbocycles. The summed E-state index contributed by atoms with van der Waals surface area (Å²) in [6.45, 7) is 1.59. The Hall–Kier alpha value is -2.70. The van der Waals surface area contributed by atoms with Crippen LogP contribution in [0.1, 0.15) is 12.5 Å². The molecule has 1 aromatic rings. The van der Waals surface area contributed by atoms with Crippen molar-refractivity contribution in [2.45, 2.75) is 6.92 Å². The fraction of sp³-hybridized carbons (Fsp3) is 0.0909. The summed E-state index contributed by atoms with van der Waals surface area (Å²) in [6.07, 6.45) is 1.42. The van der Waals surface area contributed by atoms with Gasteiger partial charge in [-0.2, -0.15) is 0 Å². The number of rotatable bonds is 2. The molecule has 0 atom stereocenters. The maximum absolute atomic E-state index is 11.3. The first-order chi connectivity index (χ1) is 8.49. The maximum atomic E-state index is 11.3. The molecule has 0 aromatic heterocycles. The van der Waals surface area contributed by atoms with Crippen molar-refractivity contribution in [1.82, 2.24) is 0 Å². The van der Waals surface area contributed by atoms with Gasteiger partial charge in [-0.3, -0.25) is 10.1 Å². The van der Waals surface area contributed by atoms with E-state index < -0.39 is 22.3 Å². The van der Waals surface area contributed by atoms with Gasteiger partial charge < -0.3 is 9.94 Å². The van der Waals surface area contributed by atoms with Gasteiger partial charge in [-0.15, -0.1) is 0 Å². The van der Waals surface area contributed by atoms with Gasteiger partial charge in [0.05, 0.1) is 16.2 Å². The van der Waals surface area contributed by atoms with Crippen LogP contribution >= 0.6 is 0 Å². The van der Waals surface area contributed by atoms with Gasteiger partial charge in [0.1, 0.15) is 0 Å². The minimum absolute atomic E-state index is 0.231. The Morgan fingerprint density at radius 2 is 2.22 bits per heavy atom. The lowest BCUT2D eigenvalue weighted by Crippen LogP contribution is -2.01. The van der Waals surface area contributed by atoms with Crippen molar-refractivity contribution in [3.05, 3.63) is 39.4 Å². The van der Waals surface area contributed by atoms with Crippen LogP contribution in [0, 0.1) is 10.1 Å². The van der Waals surface area contributed by atoms with Crippen LogP contribution in [-0.2, 0) is 9.63 Å². The van der Waals surface area contributed by atoms with Gasteiger partial charge in [0.2, 0.25) is 0 Å². The van der Waals surface area contributed by atoms with E-state index in [1.807, 2.05) is 0 Å². The quantitative estimate of drug-likeness (QED) is 0.370. The molecule has 1 N–H and O–H groups in total. The van der Waals surface area contributed by atoms with E-state index in [-0.39, 0.29) is 5.57 Å². The highest BCUT2D eigenvalue weighted by Gasteiger charge is 2.22. The highest BCUT2D eigenvalue weighted by molar-refractivity contribution is 6.24. The number of nitrogens with zero attached hydrogens (tertiary/aromatic N) is 2. The second kappa shape index (κ2) is 4.28. The molecule has 1 aliphatic heterocycles. The number of hydrogen-bond donors (Lipinski definition) is 1. The Morgan fingerprint density at radius 1 is 1.50 bits per heavy atom. The first kappa shape index (κ1) is 11.8. The first-order valence-corrected chi connectivity index (χ1v) is 4.94. The van der Waals surface area contributed by atoms with Gasteiger partial charge in [-0.05, 0) is 24.6 Å².